The van der Waals surface area contributed by atoms with Crippen molar-refractivity contribution in [2.75, 3.05) is 26.4 Å². The first-order chi connectivity index (χ1) is 22.3. The van der Waals surface area contributed by atoms with Crippen LogP contribution in [0.15, 0.2) is 30.6 Å². The molecule has 0 spiro atoms. The molecule has 48 heavy (non-hydrogen) atoms. The van der Waals surface area contributed by atoms with Crippen LogP contribution in [0.1, 0.15) is 64.7 Å². The molecular weight excluding hydrogens is 684 g/mol. The van der Waals surface area contributed by atoms with Gasteiger partial charge in [-0.15, -0.1) is 0 Å². The Morgan fingerprint density at radius 2 is 1.17 bits per heavy atom. The summed E-state index contributed by atoms with van der Waals surface area (Å²) in [5.41, 5.74) is 0.369. The lowest BCUT2D eigenvalue weighted by Gasteiger charge is -2.31. The summed E-state index contributed by atoms with van der Waals surface area (Å²) in [6, 6.07) is 4.02. The molecule has 0 amide bonds. The molecule has 1 heterocycles. The maximum Gasteiger partial charge on any atom is 0.483 e. The van der Waals surface area contributed by atoms with Crippen molar-refractivity contribution in [3.8, 4) is 22.9 Å². The van der Waals surface area contributed by atoms with Gasteiger partial charge in [-0.2, -0.15) is 48.3 Å². The van der Waals surface area contributed by atoms with Crippen molar-refractivity contribution in [1.82, 2.24) is 9.97 Å². The van der Waals surface area contributed by atoms with E-state index in [1.165, 1.54) is 43.8 Å². The van der Waals surface area contributed by atoms with E-state index in [4.69, 9.17) is 9.47 Å². The van der Waals surface area contributed by atoms with E-state index in [1.807, 2.05) is 0 Å². The highest BCUT2D eigenvalue weighted by atomic mass is 19.4. The molecule has 0 bridgehead atoms. The van der Waals surface area contributed by atoms with Gasteiger partial charge in [0.15, 0.2) is 23.1 Å². The second-order valence-corrected chi connectivity index (χ2v) is 10.4. The van der Waals surface area contributed by atoms with E-state index < -0.39 is 49.6 Å². The Bertz CT molecular complexity index is 1230. The number of unbranched alkanes of at least 4 members (excludes halogenated alkanes) is 7. The van der Waals surface area contributed by atoms with Crippen LogP contribution in [-0.2, 0) is 14.2 Å². The normalized spacial score (nSPS) is 13.2. The monoisotopic (exact) mass is 718 g/mol. The second kappa shape index (κ2) is 18.1. The standard InChI is InChI=1S/C29H34F12N2O5/c1-2-3-4-5-6-9-14-45-21-17-42-24(43-18-21)20-11-12-23(22(30)16-20)46-15-10-7-8-13-44-19-25(31,32)47-28(38,39)29(40,41)48-27(36,37)26(33,34)35/h11-12,16-18H,2-10,13-15,19H2,1H3. The number of hydrogen-bond donors (Lipinski definition) is 0. The molecule has 0 saturated carbocycles. The molecule has 0 saturated heterocycles. The Morgan fingerprint density at radius 1 is 0.625 bits per heavy atom. The highest BCUT2D eigenvalue weighted by Crippen LogP contribution is 2.47. The van der Waals surface area contributed by atoms with Gasteiger partial charge in [-0.25, -0.2) is 23.8 Å². The van der Waals surface area contributed by atoms with E-state index in [1.54, 1.807) is 4.74 Å². The van der Waals surface area contributed by atoms with Crippen LogP contribution in [0.5, 0.6) is 11.5 Å². The molecule has 274 valence electrons. The summed E-state index contributed by atoms with van der Waals surface area (Å²) in [5, 5.41) is 0. The molecule has 0 unspecified atom stereocenters. The molecule has 2 aromatic rings. The molecule has 0 aliphatic carbocycles. The van der Waals surface area contributed by atoms with Gasteiger partial charge in [0.25, 0.3) is 0 Å². The van der Waals surface area contributed by atoms with E-state index >= 15 is 0 Å². The highest BCUT2D eigenvalue weighted by molar-refractivity contribution is 5.56. The minimum Gasteiger partial charge on any atom is -0.491 e. The van der Waals surface area contributed by atoms with Gasteiger partial charge in [-0.05, 0) is 43.9 Å². The van der Waals surface area contributed by atoms with Gasteiger partial charge in [0.2, 0.25) is 0 Å². The van der Waals surface area contributed by atoms with Crippen molar-refractivity contribution < 1.29 is 76.4 Å². The summed E-state index contributed by atoms with van der Waals surface area (Å²) in [4.78, 5) is 8.37. The molecule has 0 fully saturated rings. The van der Waals surface area contributed by atoms with Gasteiger partial charge in [0.05, 0.1) is 25.6 Å². The van der Waals surface area contributed by atoms with Crippen molar-refractivity contribution in [1.29, 1.82) is 0 Å². The van der Waals surface area contributed by atoms with Crippen LogP contribution < -0.4 is 9.47 Å². The van der Waals surface area contributed by atoms with Crippen molar-refractivity contribution in [2.24, 2.45) is 0 Å². The Labute approximate surface area is 267 Å². The third-order valence-electron chi connectivity index (χ3n) is 6.25. The molecule has 19 heteroatoms. The fourth-order valence-corrected chi connectivity index (χ4v) is 3.78. The number of alkyl halides is 11. The summed E-state index contributed by atoms with van der Waals surface area (Å²) in [7, 11) is 0. The number of ether oxygens (including phenoxy) is 5. The Balaban J connectivity index is 1.69. The smallest absolute Gasteiger partial charge is 0.483 e. The minimum atomic E-state index is -6.85. The van der Waals surface area contributed by atoms with Crippen molar-refractivity contribution >= 4 is 0 Å². The van der Waals surface area contributed by atoms with E-state index in [9.17, 15) is 52.7 Å². The minimum absolute atomic E-state index is 0.00959. The Kier molecular flexibility index (Phi) is 15.5. The number of hydrogen-bond acceptors (Lipinski definition) is 7. The lowest BCUT2D eigenvalue weighted by atomic mass is 10.1. The topological polar surface area (TPSA) is 71.9 Å². The van der Waals surface area contributed by atoms with E-state index in [-0.39, 0.29) is 37.4 Å². The van der Waals surface area contributed by atoms with Crippen LogP contribution in [0, 0.1) is 5.82 Å². The van der Waals surface area contributed by atoms with Gasteiger partial charge in [-0.1, -0.05) is 39.0 Å². The molecule has 0 N–H and O–H groups in total. The molecule has 1 aromatic carbocycles. The van der Waals surface area contributed by atoms with Crippen molar-refractivity contribution in [3.05, 3.63) is 36.4 Å². The molecule has 7 nitrogen and oxygen atoms in total. The first-order valence-corrected chi connectivity index (χ1v) is 14.7. The Morgan fingerprint density at radius 3 is 1.77 bits per heavy atom. The third-order valence-corrected chi connectivity index (χ3v) is 6.25. The predicted octanol–water partition coefficient (Wildman–Crippen LogP) is 9.55. The van der Waals surface area contributed by atoms with Crippen LogP contribution in [0.25, 0.3) is 11.4 Å². The zero-order valence-electron chi connectivity index (χ0n) is 25.6. The second-order valence-electron chi connectivity index (χ2n) is 10.4. The highest BCUT2D eigenvalue weighted by Gasteiger charge is 2.72. The number of aromatic nitrogens is 2. The van der Waals surface area contributed by atoms with Crippen LogP contribution >= 0.6 is 0 Å². The van der Waals surface area contributed by atoms with Gasteiger partial charge in [0, 0.05) is 12.2 Å². The summed E-state index contributed by atoms with van der Waals surface area (Å²) >= 11 is 0. The van der Waals surface area contributed by atoms with E-state index in [0.29, 0.717) is 17.9 Å². The molecule has 1 aromatic heterocycles. The number of rotatable bonds is 23. The first-order valence-electron chi connectivity index (χ1n) is 14.7. The van der Waals surface area contributed by atoms with Crippen molar-refractivity contribution in [3.63, 3.8) is 0 Å². The van der Waals surface area contributed by atoms with E-state index in [0.717, 1.165) is 25.3 Å². The molecule has 0 atom stereocenters. The SMILES string of the molecule is CCCCCCCCOc1cnc(-c2ccc(OCCCCCOCC(F)(F)OC(F)(F)C(F)(F)OC(F)(F)C(F)(F)F)c(F)c2)nc1. The third kappa shape index (κ3) is 13.4. The molecular formula is C29H34F12N2O5. The zero-order valence-corrected chi connectivity index (χ0v) is 25.6. The van der Waals surface area contributed by atoms with Gasteiger partial charge >= 0.3 is 30.6 Å². The number of halogens is 12. The maximum atomic E-state index is 14.5. The quantitative estimate of drug-likeness (QED) is 0.0838. The van der Waals surface area contributed by atoms with E-state index in [2.05, 4.69) is 26.4 Å². The zero-order chi connectivity index (χ0) is 36.1. The maximum absolute atomic E-state index is 14.5. The molecule has 0 radical (unpaired) electrons. The summed E-state index contributed by atoms with van der Waals surface area (Å²) in [6.45, 7) is -0.00627. The summed E-state index contributed by atoms with van der Waals surface area (Å²) < 4.78 is 175. The summed E-state index contributed by atoms with van der Waals surface area (Å²) in [5.74, 6) is -0.105. The van der Waals surface area contributed by atoms with Gasteiger partial charge in [-0.3, -0.25) is 0 Å². The van der Waals surface area contributed by atoms with Crippen LogP contribution in [-0.4, -0.2) is 67.0 Å². The molecule has 0 aliphatic heterocycles. The van der Waals surface area contributed by atoms with Crippen LogP contribution in [0.3, 0.4) is 0 Å². The lowest BCUT2D eigenvalue weighted by Crippen LogP contribution is -2.55. The van der Waals surface area contributed by atoms with Gasteiger partial charge < -0.3 is 14.2 Å². The fourth-order valence-electron chi connectivity index (χ4n) is 3.78. The van der Waals surface area contributed by atoms with Crippen LogP contribution in [0.4, 0.5) is 52.7 Å². The largest absolute Gasteiger partial charge is 0.491 e. The number of nitrogens with zero attached hydrogens (tertiary/aromatic N) is 2. The molecule has 0 aliphatic rings. The summed E-state index contributed by atoms with van der Waals surface area (Å²) in [6.07, 6.45) is -22.2. The fraction of sp³-hybridized carbons (Fsp3) is 0.655. The average molecular weight is 719 g/mol. The molecule has 2 rings (SSSR count). The first kappa shape index (κ1) is 41.1. The number of benzene rings is 1. The lowest BCUT2D eigenvalue weighted by molar-refractivity contribution is -0.537. The average Bonchev–Trinajstić information content (AvgIpc) is 2.97. The van der Waals surface area contributed by atoms with Crippen LogP contribution in [0.2, 0.25) is 0 Å². The Hall–Kier alpha value is -3.06. The van der Waals surface area contributed by atoms with Gasteiger partial charge in [0.1, 0.15) is 6.61 Å². The van der Waals surface area contributed by atoms with Crippen molar-refractivity contribution in [2.45, 2.75) is 95.3 Å². The predicted molar refractivity (Wildman–Crippen MR) is 144 cm³/mol.